The van der Waals surface area contributed by atoms with E-state index >= 15 is 0 Å². The number of hydrogen-bond donors (Lipinski definition) is 1. The van der Waals surface area contributed by atoms with Gasteiger partial charge in [-0.3, -0.25) is 14.4 Å². The van der Waals surface area contributed by atoms with Gasteiger partial charge in [0, 0.05) is 40.4 Å². The molecule has 1 unspecified atom stereocenters. The van der Waals surface area contributed by atoms with Crippen molar-refractivity contribution in [1.29, 1.82) is 0 Å². The van der Waals surface area contributed by atoms with Gasteiger partial charge in [0.15, 0.2) is 5.78 Å². The van der Waals surface area contributed by atoms with E-state index in [1.54, 1.807) is 35.3 Å². The average Bonchev–Trinajstić information content (AvgIpc) is 3.02. The van der Waals surface area contributed by atoms with E-state index in [1.165, 1.54) is 0 Å². The molecule has 5 nitrogen and oxygen atoms in total. The SMILES string of the molecule is CCCN(C(=O)CCC(=O)c1cc(C)sc1C)C(C)C(=O)Nc1ccccc1. The Labute approximate surface area is 170 Å². The molecule has 0 saturated carbocycles. The lowest BCUT2D eigenvalue weighted by Crippen LogP contribution is -2.46. The Morgan fingerprint density at radius 3 is 2.36 bits per heavy atom. The van der Waals surface area contributed by atoms with E-state index in [9.17, 15) is 14.4 Å². The number of rotatable bonds is 9. The van der Waals surface area contributed by atoms with Crippen LogP contribution in [0.4, 0.5) is 5.69 Å². The summed E-state index contributed by atoms with van der Waals surface area (Å²) < 4.78 is 0. The first-order valence-corrected chi connectivity index (χ1v) is 10.4. The molecule has 0 aliphatic carbocycles. The normalized spacial score (nSPS) is 11.7. The van der Waals surface area contributed by atoms with Crippen LogP contribution in [0.15, 0.2) is 36.4 Å². The summed E-state index contributed by atoms with van der Waals surface area (Å²) in [4.78, 5) is 41.4. The molecule has 0 aliphatic heterocycles. The highest BCUT2D eigenvalue weighted by Crippen LogP contribution is 2.22. The second-order valence-electron chi connectivity index (χ2n) is 6.87. The zero-order valence-corrected chi connectivity index (χ0v) is 17.8. The van der Waals surface area contributed by atoms with E-state index in [0.29, 0.717) is 17.8 Å². The number of ketones is 1. The number of carbonyl (C=O) groups excluding carboxylic acids is 3. The van der Waals surface area contributed by atoms with E-state index in [4.69, 9.17) is 0 Å². The number of anilines is 1. The zero-order chi connectivity index (χ0) is 20.7. The molecule has 0 radical (unpaired) electrons. The Kier molecular flexibility index (Phi) is 7.93. The molecule has 2 amide bonds. The molecule has 0 aliphatic rings. The fourth-order valence-corrected chi connectivity index (χ4v) is 4.03. The molecule has 1 aromatic carbocycles. The summed E-state index contributed by atoms with van der Waals surface area (Å²) in [7, 11) is 0. The minimum absolute atomic E-state index is 0.0203. The Bertz CT molecular complexity index is 830. The minimum atomic E-state index is -0.604. The van der Waals surface area contributed by atoms with Gasteiger partial charge < -0.3 is 10.2 Å². The van der Waals surface area contributed by atoms with Gasteiger partial charge >= 0.3 is 0 Å². The van der Waals surface area contributed by atoms with Crippen LogP contribution in [0.2, 0.25) is 0 Å². The molecular formula is C22H28N2O3S. The van der Waals surface area contributed by atoms with Crippen molar-refractivity contribution >= 4 is 34.6 Å². The van der Waals surface area contributed by atoms with Crippen LogP contribution in [0, 0.1) is 13.8 Å². The summed E-state index contributed by atoms with van der Waals surface area (Å²) in [5.41, 5.74) is 1.40. The van der Waals surface area contributed by atoms with Crippen LogP contribution in [0.3, 0.4) is 0 Å². The van der Waals surface area contributed by atoms with Crippen LogP contribution in [0.5, 0.6) is 0 Å². The van der Waals surface area contributed by atoms with Crippen molar-refractivity contribution in [3.05, 3.63) is 51.7 Å². The quantitative estimate of drug-likeness (QED) is 0.626. The third-order valence-electron chi connectivity index (χ3n) is 4.58. The van der Waals surface area contributed by atoms with Gasteiger partial charge in [0.1, 0.15) is 6.04 Å². The maximum absolute atomic E-state index is 12.8. The summed E-state index contributed by atoms with van der Waals surface area (Å²) in [6, 6.07) is 10.4. The van der Waals surface area contributed by atoms with Gasteiger partial charge in [-0.05, 0) is 45.4 Å². The van der Waals surface area contributed by atoms with Gasteiger partial charge in [0.05, 0.1) is 0 Å². The van der Waals surface area contributed by atoms with Crippen molar-refractivity contribution in [2.75, 3.05) is 11.9 Å². The average molecular weight is 401 g/mol. The molecule has 0 fully saturated rings. The van der Waals surface area contributed by atoms with Crippen LogP contribution in [-0.4, -0.2) is 35.1 Å². The van der Waals surface area contributed by atoms with E-state index in [0.717, 1.165) is 16.2 Å². The van der Waals surface area contributed by atoms with Crippen LogP contribution >= 0.6 is 11.3 Å². The lowest BCUT2D eigenvalue weighted by atomic mass is 10.1. The third kappa shape index (κ3) is 5.76. The lowest BCUT2D eigenvalue weighted by Gasteiger charge is -2.28. The second-order valence-corrected chi connectivity index (χ2v) is 8.33. The molecule has 1 N–H and O–H groups in total. The zero-order valence-electron chi connectivity index (χ0n) is 17.0. The highest BCUT2D eigenvalue weighted by atomic mass is 32.1. The van der Waals surface area contributed by atoms with Crippen LogP contribution in [0.1, 0.15) is 53.2 Å². The van der Waals surface area contributed by atoms with Gasteiger partial charge in [-0.1, -0.05) is 25.1 Å². The highest BCUT2D eigenvalue weighted by Gasteiger charge is 2.26. The van der Waals surface area contributed by atoms with Gasteiger partial charge in [-0.15, -0.1) is 11.3 Å². The number of nitrogens with one attached hydrogen (secondary N) is 1. The summed E-state index contributed by atoms with van der Waals surface area (Å²) >= 11 is 1.59. The number of nitrogens with zero attached hydrogens (tertiary/aromatic N) is 1. The van der Waals surface area contributed by atoms with Crippen LogP contribution in [-0.2, 0) is 9.59 Å². The maximum atomic E-state index is 12.8. The Morgan fingerprint density at radius 2 is 1.79 bits per heavy atom. The molecule has 0 saturated heterocycles. The highest BCUT2D eigenvalue weighted by molar-refractivity contribution is 7.12. The van der Waals surface area contributed by atoms with E-state index in [2.05, 4.69) is 5.32 Å². The number of thiophene rings is 1. The minimum Gasteiger partial charge on any atom is -0.331 e. The molecule has 150 valence electrons. The Balaban J connectivity index is 1.99. The number of aryl methyl sites for hydroxylation is 2. The van der Waals surface area contributed by atoms with Gasteiger partial charge in [0.25, 0.3) is 0 Å². The Hall–Kier alpha value is -2.47. The molecular weight excluding hydrogens is 372 g/mol. The molecule has 1 heterocycles. The smallest absolute Gasteiger partial charge is 0.246 e. The number of amides is 2. The van der Waals surface area contributed by atoms with E-state index in [-0.39, 0.29) is 30.4 Å². The van der Waals surface area contributed by atoms with Gasteiger partial charge in [0.2, 0.25) is 11.8 Å². The predicted molar refractivity (Wildman–Crippen MR) is 114 cm³/mol. The number of Topliss-reactive ketones (excluding diaryl/α,β-unsaturated/α-hetero) is 1. The molecule has 6 heteroatoms. The molecule has 28 heavy (non-hydrogen) atoms. The van der Waals surface area contributed by atoms with Crippen molar-refractivity contribution in [2.45, 2.75) is 53.0 Å². The van der Waals surface area contributed by atoms with Gasteiger partial charge in [-0.25, -0.2) is 0 Å². The summed E-state index contributed by atoms with van der Waals surface area (Å²) in [6.45, 7) is 8.06. The molecule has 0 spiro atoms. The number of hydrogen-bond acceptors (Lipinski definition) is 4. The largest absolute Gasteiger partial charge is 0.331 e. The first-order chi connectivity index (χ1) is 13.3. The summed E-state index contributed by atoms with van der Waals surface area (Å²) in [6.07, 6.45) is 1.00. The second kappa shape index (κ2) is 10.2. The van der Waals surface area contributed by atoms with E-state index < -0.39 is 6.04 Å². The number of carbonyl (C=O) groups is 3. The van der Waals surface area contributed by atoms with E-state index in [1.807, 2.05) is 45.0 Å². The standard InChI is InChI=1S/C22H28N2O3S/c1-5-13-24(16(3)22(27)23-18-9-7-6-8-10-18)21(26)12-11-20(25)19-14-15(2)28-17(19)4/h6-10,14,16H,5,11-13H2,1-4H3,(H,23,27). The molecule has 1 aromatic heterocycles. The lowest BCUT2D eigenvalue weighted by molar-refractivity contribution is -0.138. The fourth-order valence-electron chi connectivity index (χ4n) is 3.09. The molecule has 2 aromatic rings. The monoisotopic (exact) mass is 400 g/mol. The van der Waals surface area contributed by atoms with Crippen molar-refractivity contribution in [2.24, 2.45) is 0 Å². The maximum Gasteiger partial charge on any atom is 0.246 e. The predicted octanol–water partition coefficient (Wildman–Crippen LogP) is 4.59. The van der Waals surface area contributed by atoms with Crippen molar-refractivity contribution in [1.82, 2.24) is 4.90 Å². The summed E-state index contributed by atoms with van der Waals surface area (Å²) in [5, 5.41) is 2.84. The number of para-hydroxylation sites is 1. The van der Waals surface area contributed by atoms with Gasteiger partial charge in [-0.2, -0.15) is 0 Å². The first kappa shape index (κ1) is 21.8. The van der Waals surface area contributed by atoms with Crippen molar-refractivity contribution < 1.29 is 14.4 Å². The molecule has 0 bridgehead atoms. The fraction of sp³-hybridized carbons (Fsp3) is 0.409. The van der Waals surface area contributed by atoms with Crippen molar-refractivity contribution in [3.63, 3.8) is 0 Å². The van der Waals surface area contributed by atoms with Crippen LogP contribution in [0.25, 0.3) is 0 Å². The first-order valence-electron chi connectivity index (χ1n) is 9.59. The van der Waals surface area contributed by atoms with Crippen molar-refractivity contribution in [3.8, 4) is 0 Å². The van der Waals surface area contributed by atoms with Crippen LogP contribution < -0.4 is 5.32 Å². The number of benzene rings is 1. The topological polar surface area (TPSA) is 66.5 Å². The molecule has 1 atom stereocenters. The third-order valence-corrected chi connectivity index (χ3v) is 5.55. The molecule has 2 rings (SSSR count). The summed E-state index contributed by atoms with van der Waals surface area (Å²) in [5.74, 6) is -0.424. The Morgan fingerprint density at radius 1 is 1.11 bits per heavy atom.